The highest BCUT2D eigenvalue weighted by atomic mass is 32.2. The monoisotopic (exact) mass is 614 g/mol. The Morgan fingerprint density at radius 1 is 0.854 bits per heavy atom. The van der Waals surface area contributed by atoms with Crippen molar-refractivity contribution >= 4 is 26.2 Å². The number of rotatable bonds is 28. The summed E-state index contributed by atoms with van der Waals surface area (Å²) in [6.45, 7) is 7.12. The summed E-state index contributed by atoms with van der Waals surface area (Å²) >= 11 is 1.25. The lowest BCUT2D eigenvalue weighted by Gasteiger charge is -2.29. The lowest BCUT2D eigenvalue weighted by atomic mass is 9.91. The Bertz CT molecular complexity index is 782. The standard InChI is InChI=1S/C33H59O6PS/c1-4-6-8-10-12-13-15-20-25-38-28(3)27-39-32(33(36,40-37)31(34)35)41-26-24-30(29-21-18-16-19-22-29)23-17-14-11-9-7-5-2/h16,18-19,21-22,28,30,32,36H,4-15,17,20,23-27,40H2,1-3H3,(H,34,35). The molecule has 0 saturated heterocycles. The molecule has 0 aliphatic carbocycles. The molecule has 0 aliphatic heterocycles. The van der Waals surface area contributed by atoms with E-state index in [-0.39, 0.29) is 12.7 Å². The molecule has 0 spiro atoms. The summed E-state index contributed by atoms with van der Waals surface area (Å²) in [4.78, 5) is 11.9. The molecular weight excluding hydrogens is 555 g/mol. The summed E-state index contributed by atoms with van der Waals surface area (Å²) in [6.07, 6.45) is 18.9. The van der Waals surface area contributed by atoms with Crippen LogP contribution in [0.1, 0.15) is 135 Å². The van der Waals surface area contributed by atoms with Gasteiger partial charge in [0.15, 0.2) is 0 Å². The fraction of sp³-hybridized carbons (Fsp3) is 0.788. The van der Waals surface area contributed by atoms with Crippen LogP contribution >= 0.6 is 20.2 Å². The Kier molecular flexibility index (Phi) is 22.9. The topological polar surface area (TPSA) is 93.1 Å². The van der Waals surface area contributed by atoms with Gasteiger partial charge in [0.1, 0.15) is 13.9 Å². The van der Waals surface area contributed by atoms with E-state index in [9.17, 15) is 19.6 Å². The van der Waals surface area contributed by atoms with Crippen LogP contribution in [0.5, 0.6) is 0 Å². The van der Waals surface area contributed by atoms with Gasteiger partial charge >= 0.3 is 5.97 Å². The number of ether oxygens (including phenoxy) is 2. The van der Waals surface area contributed by atoms with Crippen molar-refractivity contribution in [1.29, 1.82) is 0 Å². The van der Waals surface area contributed by atoms with Gasteiger partial charge in [0.05, 0.1) is 12.7 Å². The van der Waals surface area contributed by atoms with Crippen molar-refractivity contribution < 1.29 is 29.0 Å². The van der Waals surface area contributed by atoms with Crippen LogP contribution in [0, 0.1) is 0 Å². The first-order valence-corrected chi connectivity index (χ1v) is 18.3. The average Bonchev–Trinajstić information content (AvgIpc) is 2.98. The van der Waals surface area contributed by atoms with Gasteiger partial charge in [0.25, 0.3) is 0 Å². The third kappa shape index (κ3) is 17.1. The van der Waals surface area contributed by atoms with Crippen molar-refractivity contribution in [3.63, 3.8) is 0 Å². The van der Waals surface area contributed by atoms with Gasteiger partial charge in [-0.3, -0.25) is 0 Å². The fourth-order valence-corrected chi connectivity index (χ4v) is 6.92. The van der Waals surface area contributed by atoms with Crippen LogP contribution in [-0.4, -0.2) is 52.0 Å². The molecule has 5 atom stereocenters. The first kappa shape index (κ1) is 38.2. The number of thioether (sulfide) groups is 1. The van der Waals surface area contributed by atoms with Gasteiger partial charge in [0, 0.05) is 6.61 Å². The van der Waals surface area contributed by atoms with Crippen molar-refractivity contribution in [2.45, 2.75) is 146 Å². The van der Waals surface area contributed by atoms with Gasteiger partial charge < -0.3 is 24.3 Å². The normalized spacial score (nSPS) is 15.6. The summed E-state index contributed by atoms with van der Waals surface area (Å²) < 4.78 is 23.7. The van der Waals surface area contributed by atoms with Crippen LogP contribution < -0.4 is 0 Å². The zero-order valence-corrected chi connectivity index (χ0v) is 28.0. The summed E-state index contributed by atoms with van der Waals surface area (Å²) in [5.41, 5.74) is 0.164. The number of carboxylic acid groups (broad SMARTS) is 1. The molecular formula is C33H59O6PS. The molecule has 5 unspecified atom stereocenters. The van der Waals surface area contributed by atoms with Gasteiger partial charge in [-0.2, -0.15) is 0 Å². The molecule has 2 N–H and O–H groups in total. The smallest absolute Gasteiger partial charge is 0.346 e. The number of carbonyl (C=O) groups is 1. The molecule has 0 fully saturated rings. The molecule has 8 heteroatoms. The van der Waals surface area contributed by atoms with Crippen LogP contribution in [-0.2, 0) is 18.8 Å². The molecule has 0 aromatic heterocycles. The third-order valence-electron chi connectivity index (χ3n) is 7.68. The Morgan fingerprint density at radius 3 is 1.98 bits per heavy atom. The largest absolute Gasteiger partial charge is 0.479 e. The quantitative estimate of drug-likeness (QED) is 0.0552. The number of aliphatic carboxylic acids is 1. The molecule has 0 saturated carbocycles. The van der Waals surface area contributed by atoms with Crippen LogP contribution in [0.15, 0.2) is 30.3 Å². The number of hydrogen-bond donors (Lipinski definition) is 2. The zero-order chi connectivity index (χ0) is 30.2. The lowest BCUT2D eigenvalue weighted by molar-refractivity contribution is -0.157. The predicted molar refractivity (Wildman–Crippen MR) is 175 cm³/mol. The van der Waals surface area contributed by atoms with E-state index >= 15 is 0 Å². The van der Waals surface area contributed by atoms with E-state index in [4.69, 9.17) is 9.47 Å². The summed E-state index contributed by atoms with van der Waals surface area (Å²) in [5.74, 6) is -0.552. The van der Waals surface area contributed by atoms with E-state index in [0.29, 0.717) is 18.3 Å². The van der Waals surface area contributed by atoms with Gasteiger partial charge in [-0.25, -0.2) is 4.79 Å². The van der Waals surface area contributed by atoms with E-state index in [0.717, 1.165) is 32.1 Å². The van der Waals surface area contributed by atoms with Gasteiger partial charge in [0.2, 0.25) is 5.34 Å². The number of aliphatic hydroxyl groups is 1. The summed E-state index contributed by atoms with van der Waals surface area (Å²) in [5, 5.41) is 18.1. The van der Waals surface area contributed by atoms with Crippen LogP contribution in [0.3, 0.4) is 0 Å². The average molecular weight is 615 g/mol. The third-order valence-corrected chi connectivity index (χ3v) is 10.1. The molecule has 41 heavy (non-hydrogen) atoms. The van der Waals surface area contributed by atoms with E-state index in [1.165, 1.54) is 88.0 Å². The van der Waals surface area contributed by atoms with Crippen molar-refractivity contribution in [2.24, 2.45) is 0 Å². The first-order valence-electron chi connectivity index (χ1n) is 16.2. The second-order valence-corrected chi connectivity index (χ2v) is 13.7. The van der Waals surface area contributed by atoms with E-state index in [2.05, 4.69) is 38.1 Å². The Balaban J connectivity index is 2.58. The number of carboxylic acids is 1. The molecule has 0 aliphatic rings. The molecule has 1 rings (SSSR count). The Morgan fingerprint density at radius 2 is 1.41 bits per heavy atom. The maximum Gasteiger partial charge on any atom is 0.346 e. The van der Waals surface area contributed by atoms with Gasteiger partial charge in [-0.15, -0.1) is 11.8 Å². The highest BCUT2D eigenvalue weighted by Gasteiger charge is 2.45. The highest BCUT2D eigenvalue weighted by molar-refractivity contribution is 8.00. The Hall–Kier alpha value is -0.850. The molecule has 0 radical (unpaired) electrons. The van der Waals surface area contributed by atoms with Crippen molar-refractivity contribution in [1.82, 2.24) is 0 Å². The Labute approximate surface area is 256 Å². The minimum absolute atomic E-state index is 0.142. The van der Waals surface area contributed by atoms with Crippen LogP contribution in [0.25, 0.3) is 0 Å². The maximum absolute atomic E-state index is 11.9. The van der Waals surface area contributed by atoms with Crippen molar-refractivity contribution in [3.8, 4) is 0 Å². The molecule has 6 nitrogen and oxygen atoms in total. The first-order chi connectivity index (χ1) is 19.9. The van der Waals surface area contributed by atoms with Crippen LogP contribution in [0.2, 0.25) is 0 Å². The molecule has 238 valence electrons. The molecule has 1 aromatic carbocycles. The second kappa shape index (κ2) is 24.6. The number of hydrogen-bond acceptors (Lipinski definition) is 6. The van der Waals surface area contributed by atoms with E-state index in [1.807, 2.05) is 13.0 Å². The van der Waals surface area contributed by atoms with Crippen molar-refractivity contribution in [3.05, 3.63) is 35.9 Å². The fourth-order valence-electron chi connectivity index (χ4n) is 4.99. The SMILES string of the molecule is CCCCCCCCCCOC(C)COC(SCCC(CCCCCCCC)c1ccccc1)C(O)([PH2]=O)C(=O)O. The second-order valence-electron chi connectivity index (χ2n) is 11.4. The van der Waals surface area contributed by atoms with E-state index in [1.54, 1.807) is 0 Å². The summed E-state index contributed by atoms with van der Waals surface area (Å²) in [7, 11) is -1.99. The maximum atomic E-state index is 11.9. The molecule has 0 bridgehead atoms. The number of benzene rings is 1. The highest BCUT2D eigenvalue weighted by Crippen LogP contribution is 2.36. The van der Waals surface area contributed by atoms with Gasteiger partial charge in [-0.05, 0) is 43.4 Å². The predicted octanol–water partition coefficient (Wildman–Crippen LogP) is 9.06. The van der Waals surface area contributed by atoms with E-state index < -0.39 is 25.2 Å². The number of unbranched alkanes of at least 4 members (excludes halogenated alkanes) is 12. The zero-order valence-electron chi connectivity index (χ0n) is 26.1. The van der Waals surface area contributed by atoms with Gasteiger partial charge in [-0.1, -0.05) is 128 Å². The minimum atomic E-state index is -2.40. The summed E-state index contributed by atoms with van der Waals surface area (Å²) in [6, 6.07) is 10.4. The molecule has 0 heterocycles. The molecule has 1 aromatic rings. The van der Waals surface area contributed by atoms with Crippen molar-refractivity contribution in [2.75, 3.05) is 19.0 Å². The lowest BCUT2D eigenvalue weighted by Crippen LogP contribution is -2.45. The minimum Gasteiger partial charge on any atom is -0.479 e. The van der Waals surface area contributed by atoms with Crippen LogP contribution in [0.4, 0.5) is 0 Å². The molecule has 0 amide bonds.